The predicted molar refractivity (Wildman–Crippen MR) is 63.5 cm³/mol. The average molecular weight is 248 g/mol. The molecule has 2 rings (SSSR count). The van der Waals surface area contributed by atoms with Gasteiger partial charge in [0.25, 0.3) is 0 Å². The third kappa shape index (κ3) is 2.12. The molecule has 0 N–H and O–H groups in total. The van der Waals surface area contributed by atoms with Gasteiger partial charge in [-0.2, -0.15) is 5.26 Å². The Balaban J connectivity index is 2.67. The van der Waals surface area contributed by atoms with Gasteiger partial charge < -0.3 is 4.74 Å². The Hall–Kier alpha value is -1.93. The van der Waals surface area contributed by atoms with Crippen molar-refractivity contribution in [3.63, 3.8) is 0 Å². The van der Waals surface area contributed by atoms with Crippen LogP contribution in [0.4, 0.5) is 4.39 Å². The topological polar surface area (TPSA) is 45.9 Å². The molecular weight excluding hydrogens is 239 g/mol. The number of rotatable bonds is 2. The zero-order valence-corrected chi connectivity index (χ0v) is 10.1. The smallest absolute Gasteiger partial charge is 0.133 e. The maximum Gasteiger partial charge on any atom is 0.133 e. The highest BCUT2D eigenvalue weighted by molar-refractivity contribution is 7.12. The Bertz CT molecular complexity index is 601. The minimum Gasteiger partial charge on any atom is -0.496 e. The van der Waals surface area contributed by atoms with Gasteiger partial charge in [-0.25, -0.2) is 9.37 Å². The van der Waals surface area contributed by atoms with Crippen molar-refractivity contribution in [1.82, 2.24) is 4.98 Å². The number of hydrogen-bond acceptors (Lipinski definition) is 4. The lowest BCUT2D eigenvalue weighted by atomic mass is 10.1. The van der Waals surface area contributed by atoms with Crippen LogP contribution in [0.5, 0.6) is 5.75 Å². The van der Waals surface area contributed by atoms with Crippen LogP contribution in [-0.2, 0) is 0 Å². The minimum atomic E-state index is -0.379. The van der Waals surface area contributed by atoms with E-state index in [0.717, 1.165) is 5.01 Å². The second-order valence-electron chi connectivity index (χ2n) is 3.37. The van der Waals surface area contributed by atoms with Crippen molar-refractivity contribution in [3.05, 3.63) is 33.9 Å². The molecule has 2 aromatic rings. The Labute approximate surface area is 102 Å². The summed E-state index contributed by atoms with van der Waals surface area (Å²) >= 11 is 1.28. The molecule has 3 nitrogen and oxygen atoms in total. The molecule has 0 amide bonds. The number of nitrogens with zero attached hydrogens (tertiary/aromatic N) is 2. The summed E-state index contributed by atoms with van der Waals surface area (Å²) in [6, 6.07) is 6.23. The fourth-order valence-electron chi connectivity index (χ4n) is 1.55. The van der Waals surface area contributed by atoms with E-state index < -0.39 is 0 Å². The molecule has 0 aliphatic carbocycles. The van der Waals surface area contributed by atoms with Crippen molar-refractivity contribution in [2.45, 2.75) is 6.92 Å². The van der Waals surface area contributed by atoms with Gasteiger partial charge in [-0.1, -0.05) is 0 Å². The molecule has 0 aliphatic heterocycles. The van der Waals surface area contributed by atoms with E-state index in [1.165, 1.54) is 36.6 Å². The van der Waals surface area contributed by atoms with Crippen molar-refractivity contribution in [2.75, 3.05) is 7.11 Å². The lowest BCUT2D eigenvalue weighted by Crippen LogP contribution is -1.91. The van der Waals surface area contributed by atoms with Gasteiger partial charge >= 0.3 is 0 Å². The Morgan fingerprint density at radius 3 is 2.88 bits per heavy atom. The summed E-state index contributed by atoms with van der Waals surface area (Å²) in [5, 5.41) is 9.78. The van der Waals surface area contributed by atoms with Crippen LogP contribution < -0.4 is 4.74 Å². The Morgan fingerprint density at radius 1 is 1.47 bits per heavy atom. The number of benzene rings is 1. The first-order chi connectivity index (χ1) is 8.15. The number of methoxy groups -OCH3 is 1. The van der Waals surface area contributed by atoms with E-state index in [-0.39, 0.29) is 5.82 Å². The van der Waals surface area contributed by atoms with E-state index in [4.69, 9.17) is 10.00 Å². The van der Waals surface area contributed by atoms with Crippen LogP contribution in [0.15, 0.2) is 18.2 Å². The van der Waals surface area contributed by atoms with E-state index in [9.17, 15) is 4.39 Å². The predicted octanol–water partition coefficient (Wildman–Crippen LogP) is 3.14. The molecule has 1 heterocycles. The molecular formula is C12H9FN2OS. The van der Waals surface area contributed by atoms with Crippen LogP contribution in [0.1, 0.15) is 9.88 Å². The number of hydrogen-bond donors (Lipinski definition) is 0. The largest absolute Gasteiger partial charge is 0.496 e. The van der Waals surface area contributed by atoms with Crippen LogP contribution in [0, 0.1) is 24.1 Å². The van der Waals surface area contributed by atoms with Crippen LogP contribution in [0.2, 0.25) is 0 Å². The second kappa shape index (κ2) is 4.52. The normalized spacial score (nSPS) is 10.0. The molecule has 0 unspecified atom stereocenters. The molecule has 0 spiro atoms. The number of ether oxygens (including phenoxy) is 1. The van der Waals surface area contributed by atoms with Gasteiger partial charge in [-0.05, 0) is 25.1 Å². The molecule has 0 aliphatic rings. The van der Waals surface area contributed by atoms with Crippen molar-refractivity contribution in [1.29, 1.82) is 5.26 Å². The van der Waals surface area contributed by atoms with Crippen molar-refractivity contribution in [3.8, 4) is 23.1 Å². The molecule has 0 fully saturated rings. The van der Waals surface area contributed by atoms with E-state index in [1.807, 2.05) is 0 Å². The average Bonchev–Trinajstić information content (AvgIpc) is 2.70. The minimum absolute atomic E-state index is 0.379. The van der Waals surface area contributed by atoms with Gasteiger partial charge in [0.1, 0.15) is 28.2 Å². The maximum absolute atomic E-state index is 13.2. The van der Waals surface area contributed by atoms with Gasteiger partial charge in [-0.15, -0.1) is 11.3 Å². The van der Waals surface area contributed by atoms with E-state index in [1.54, 1.807) is 6.92 Å². The number of thiazole rings is 1. The summed E-state index contributed by atoms with van der Waals surface area (Å²) < 4.78 is 18.4. The molecule has 17 heavy (non-hydrogen) atoms. The van der Waals surface area contributed by atoms with Gasteiger partial charge in [0.2, 0.25) is 0 Å². The van der Waals surface area contributed by atoms with Crippen LogP contribution in [0.25, 0.3) is 11.3 Å². The quantitative estimate of drug-likeness (QED) is 0.820. The molecule has 1 aromatic carbocycles. The van der Waals surface area contributed by atoms with Crippen molar-refractivity contribution >= 4 is 11.3 Å². The highest BCUT2D eigenvalue weighted by atomic mass is 32.1. The summed E-state index contributed by atoms with van der Waals surface area (Å²) in [5.74, 6) is 0.128. The summed E-state index contributed by atoms with van der Waals surface area (Å²) in [7, 11) is 1.50. The van der Waals surface area contributed by atoms with Gasteiger partial charge in [0.05, 0.1) is 12.1 Å². The molecule has 86 valence electrons. The molecule has 5 heteroatoms. The highest BCUT2D eigenvalue weighted by Crippen LogP contribution is 2.34. The first kappa shape index (κ1) is 11.6. The SMILES string of the molecule is COc1ccc(F)cc1-c1nc(C)sc1C#N. The molecule has 0 atom stereocenters. The molecule has 0 bridgehead atoms. The lowest BCUT2D eigenvalue weighted by Gasteiger charge is -2.06. The zero-order valence-electron chi connectivity index (χ0n) is 9.32. The monoisotopic (exact) mass is 248 g/mol. The maximum atomic E-state index is 13.2. The second-order valence-corrected chi connectivity index (χ2v) is 4.57. The Morgan fingerprint density at radius 2 is 2.24 bits per heavy atom. The Kier molecular flexibility index (Phi) is 3.07. The van der Waals surface area contributed by atoms with Crippen molar-refractivity contribution < 1.29 is 9.13 Å². The fourth-order valence-corrected chi connectivity index (χ4v) is 2.28. The third-order valence-corrected chi connectivity index (χ3v) is 3.13. The number of aromatic nitrogens is 1. The summed E-state index contributed by atoms with van der Waals surface area (Å²) in [6.45, 7) is 1.81. The standard InChI is InChI=1S/C12H9FN2OS/c1-7-15-12(11(6-14)17-7)9-5-8(13)3-4-10(9)16-2/h3-5H,1-2H3. The molecule has 1 aromatic heterocycles. The van der Waals surface area contributed by atoms with E-state index in [2.05, 4.69) is 11.1 Å². The first-order valence-corrected chi connectivity index (χ1v) is 5.68. The zero-order chi connectivity index (χ0) is 12.4. The first-order valence-electron chi connectivity index (χ1n) is 4.87. The lowest BCUT2D eigenvalue weighted by molar-refractivity contribution is 0.415. The number of nitriles is 1. The highest BCUT2D eigenvalue weighted by Gasteiger charge is 2.15. The van der Waals surface area contributed by atoms with Crippen LogP contribution >= 0.6 is 11.3 Å². The van der Waals surface area contributed by atoms with E-state index >= 15 is 0 Å². The van der Waals surface area contributed by atoms with E-state index in [0.29, 0.717) is 21.9 Å². The number of halogens is 1. The molecule has 0 saturated heterocycles. The molecule has 0 radical (unpaired) electrons. The third-order valence-electron chi connectivity index (χ3n) is 2.25. The van der Waals surface area contributed by atoms with Crippen molar-refractivity contribution in [2.24, 2.45) is 0 Å². The fraction of sp³-hybridized carbons (Fsp3) is 0.167. The molecule has 0 saturated carbocycles. The summed E-state index contributed by atoms with van der Waals surface area (Å²) in [4.78, 5) is 4.72. The van der Waals surface area contributed by atoms with Crippen LogP contribution in [-0.4, -0.2) is 12.1 Å². The van der Waals surface area contributed by atoms with Crippen LogP contribution in [0.3, 0.4) is 0 Å². The number of aryl methyl sites for hydroxylation is 1. The van der Waals surface area contributed by atoms with Gasteiger partial charge in [-0.3, -0.25) is 0 Å². The summed E-state index contributed by atoms with van der Waals surface area (Å²) in [6.07, 6.45) is 0. The van der Waals surface area contributed by atoms with Gasteiger partial charge in [0.15, 0.2) is 0 Å². The summed E-state index contributed by atoms with van der Waals surface area (Å²) in [5.41, 5.74) is 0.986. The van der Waals surface area contributed by atoms with Gasteiger partial charge in [0, 0.05) is 5.56 Å².